The number of carbonyl (C=O) groups is 4. The van der Waals surface area contributed by atoms with Crippen molar-refractivity contribution in [3.63, 3.8) is 0 Å². The van der Waals surface area contributed by atoms with E-state index in [0.29, 0.717) is 25.0 Å². The lowest BCUT2D eigenvalue weighted by molar-refractivity contribution is -0.158. The molecule has 1 aromatic rings. The summed E-state index contributed by atoms with van der Waals surface area (Å²) < 4.78 is 11.3. The zero-order chi connectivity index (χ0) is 27.8. The van der Waals surface area contributed by atoms with Gasteiger partial charge in [-0.2, -0.15) is 0 Å². The molecule has 3 heterocycles. The van der Waals surface area contributed by atoms with Crippen LogP contribution in [0.3, 0.4) is 0 Å². The fourth-order valence-electron chi connectivity index (χ4n) is 4.65. The number of carbonyl (C=O) groups excluding carboxylic acids is 4. The molecule has 0 aliphatic carbocycles. The SMILES string of the molecule is CC1=C\C(=O)C[C@@H](O)Cc2nc(co2)C(=O)N2CCC[C@@H]2C(=O)OC(C(C)C)[C@H](C)/C=C/C(=O)NC\C=C\1. The monoisotopic (exact) mass is 527 g/mol. The molecule has 1 fully saturated rings. The van der Waals surface area contributed by atoms with Crippen LogP contribution in [0.1, 0.15) is 63.3 Å². The van der Waals surface area contributed by atoms with Crippen LogP contribution in [0.15, 0.2) is 46.6 Å². The number of aliphatic hydroxyl groups is 1. The second kappa shape index (κ2) is 13.3. The van der Waals surface area contributed by atoms with E-state index in [2.05, 4.69) is 10.3 Å². The molecule has 3 rings (SSSR count). The number of nitrogens with zero attached hydrogens (tertiary/aromatic N) is 2. The van der Waals surface area contributed by atoms with Gasteiger partial charge in [0.15, 0.2) is 17.4 Å². The molecule has 0 spiro atoms. The Bertz CT molecular complexity index is 1120. The molecule has 1 unspecified atom stereocenters. The summed E-state index contributed by atoms with van der Waals surface area (Å²) in [6, 6.07) is -0.755. The first-order chi connectivity index (χ1) is 18.0. The van der Waals surface area contributed by atoms with Crippen LogP contribution in [0.5, 0.6) is 0 Å². The number of cyclic esters (lactones) is 1. The fourth-order valence-corrected chi connectivity index (χ4v) is 4.65. The van der Waals surface area contributed by atoms with Crippen LogP contribution in [0.2, 0.25) is 0 Å². The number of aromatic nitrogens is 1. The minimum Gasteiger partial charge on any atom is -0.460 e. The molecule has 10 heteroatoms. The molecule has 206 valence electrons. The molecule has 1 saturated heterocycles. The van der Waals surface area contributed by atoms with Crippen molar-refractivity contribution in [1.82, 2.24) is 15.2 Å². The van der Waals surface area contributed by atoms with E-state index >= 15 is 0 Å². The molecule has 0 saturated carbocycles. The maximum absolute atomic E-state index is 13.2. The van der Waals surface area contributed by atoms with E-state index in [9.17, 15) is 24.3 Å². The number of rotatable bonds is 1. The minimum absolute atomic E-state index is 0.0216. The normalized spacial score (nSPS) is 29.7. The summed E-state index contributed by atoms with van der Waals surface area (Å²) in [6.07, 6.45) is 8.55. The number of hydrogen-bond donors (Lipinski definition) is 2. The smallest absolute Gasteiger partial charge is 0.329 e. The standard InChI is InChI=1S/C28H37N3O7/c1-17(2)26-19(4)9-10-24(34)29-11-5-7-18(3)13-20(32)14-21(33)15-25-30-22(16-37-25)27(35)31-12-6-8-23(31)28(36)38-26/h5,7,9-10,13,16-17,19,21,23,26,33H,6,8,11-12,14-15H2,1-4H3,(H,29,34)/b7-5+,10-9+,18-13+/t19-,21-,23-,26?/m1/s1. The molecule has 10 nitrogen and oxygen atoms in total. The topological polar surface area (TPSA) is 139 Å². The summed E-state index contributed by atoms with van der Waals surface area (Å²) in [6.45, 7) is 8.13. The van der Waals surface area contributed by atoms with Gasteiger partial charge in [-0.05, 0) is 43.4 Å². The number of aliphatic hydroxyl groups excluding tert-OH is 1. The van der Waals surface area contributed by atoms with Crippen LogP contribution in [0.25, 0.3) is 0 Å². The molecule has 2 N–H and O–H groups in total. The van der Waals surface area contributed by atoms with Gasteiger partial charge in [0.2, 0.25) is 5.91 Å². The number of amides is 2. The van der Waals surface area contributed by atoms with Crippen molar-refractivity contribution < 1.29 is 33.4 Å². The highest BCUT2D eigenvalue weighted by Gasteiger charge is 2.38. The summed E-state index contributed by atoms with van der Waals surface area (Å²) in [7, 11) is 0. The molecule has 0 radical (unpaired) electrons. The first-order valence-electron chi connectivity index (χ1n) is 13.0. The van der Waals surface area contributed by atoms with E-state index < -0.39 is 30.1 Å². The Labute approximate surface area is 222 Å². The summed E-state index contributed by atoms with van der Waals surface area (Å²) >= 11 is 0. The van der Waals surface area contributed by atoms with E-state index in [1.165, 1.54) is 23.3 Å². The van der Waals surface area contributed by atoms with Gasteiger partial charge >= 0.3 is 5.97 Å². The van der Waals surface area contributed by atoms with Gasteiger partial charge in [0.1, 0.15) is 18.4 Å². The maximum Gasteiger partial charge on any atom is 0.329 e. The highest BCUT2D eigenvalue weighted by Crippen LogP contribution is 2.25. The van der Waals surface area contributed by atoms with Crippen LogP contribution in [0.4, 0.5) is 0 Å². The van der Waals surface area contributed by atoms with E-state index in [4.69, 9.17) is 9.15 Å². The first-order valence-corrected chi connectivity index (χ1v) is 13.0. The first kappa shape index (κ1) is 29.0. The van der Waals surface area contributed by atoms with Crippen molar-refractivity contribution in [3.8, 4) is 0 Å². The number of ketones is 1. The fraction of sp³-hybridized carbons (Fsp3) is 0.536. The summed E-state index contributed by atoms with van der Waals surface area (Å²) in [5, 5.41) is 13.1. The number of allylic oxidation sites excluding steroid dienone is 3. The zero-order valence-electron chi connectivity index (χ0n) is 22.4. The molecular formula is C28H37N3O7. The quantitative estimate of drug-likeness (QED) is 0.531. The third-order valence-corrected chi connectivity index (χ3v) is 6.55. The number of ether oxygens (including phenoxy) is 1. The Morgan fingerprint density at radius 1 is 1.16 bits per heavy atom. The van der Waals surface area contributed by atoms with E-state index in [1.807, 2.05) is 20.8 Å². The van der Waals surface area contributed by atoms with E-state index in [1.54, 1.807) is 25.2 Å². The lowest BCUT2D eigenvalue weighted by atomic mass is 9.94. The number of esters is 1. The average Bonchev–Trinajstić information content (AvgIpc) is 3.52. The van der Waals surface area contributed by atoms with Gasteiger partial charge in [0, 0.05) is 25.4 Å². The number of hydrogen-bond acceptors (Lipinski definition) is 8. The van der Waals surface area contributed by atoms with Crippen molar-refractivity contribution in [3.05, 3.63) is 53.8 Å². The summed E-state index contributed by atoms with van der Waals surface area (Å²) in [5.41, 5.74) is 0.699. The molecule has 0 aromatic carbocycles. The Kier molecular flexibility index (Phi) is 10.2. The predicted octanol–water partition coefficient (Wildman–Crippen LogP) is 2.53. The van der Waals surface area contributed by atoms with Crippen LogP contribution < -0.4 is 5.32 Å². The van der Waals surface area contributed by atoms with Crippen LogP contribution >= 0.6 is 0 Å². The third kappa shape index (κ3) is 7.98. The average molecular weight is 528 g/mol. The Balaban J connectivity index is 1.85. The van der Waals surface area contributed by atoms with Gasteiger partial charge in [-0.25, -0.2) is 9.78 Å². The second-order valence-corrected chi connectivity index (χ2v) is 10.2. The third-order valence-electron chi connectivity index (χ3n) is 6.55. The maximum atomic E-state index is 13.2. The van der Waals surface area contributed by atoms with Crippen molar-refractivity contribution in [2.45, 2.75) is 71.6 Å². The summed E-state index contributed by atoms with van der Waals surface area (Å²) in [4.78, 5) is 56.5. The van der Waals surface area contributed by atoms with Crippen LogP contribution in [0, 0.1) is 11.8 Å². The second-order valence-electron chi connectivity index (χ2n) is 10.2. The van der Waals surface area contributed by atoms with Crippen LogP contribution in [-0.2, 0) is 25.5 Å². The van der Waals surface area contributed by atoms with Gasteiger partial charge in [0.05, 0.1) is 12.5 Å². The number of oxazole rings is 1. The lowest BCUT2D eigenvalue weighted by Gasteiger charge is -2.29. The Morgan fingerprint density at radius 3 is 2.66 bits per heavy atom. The van der Waals surface area contributed by atoms with Crippen molar-refractivity contribution >= 4 is 23.6 Å². The Hall–Kier alpha value is -3.53. The zero-order valence-corrected chi connectivity index (χ0v) is 22.4. The van der Waals surface area contributed by atoms with Crippen LogP contribution in [-0.4, -0.2) is 69.9 Å². The molecule has 2 aliphatic heterocycles. The molecule has 2 aliphatic rings. The predicted molar refractivity (Wildman–Crippen MR) is 139 cm³/mol. The van der Waals surface area contributed by atoms with Gasteiger partial charge in [0.25, 0.3) is 5.91 Å². The molecule has 1 aromatic heterocycles. The van der Waals surface area contributed by atoms with Gasteiger partial charge in [-0.15, -0.1) is 0 Å². The molecule has 38 heavy (non-hydrogen) atoms. The summed E-state index contributed by atoms with van der Waals surface area (Å²) in [5.74, 6) is -1.67. The molecular weight excluding hydrogens is 490 g/mol. The van der Waals surface area contributed by atoms with Crippen molar-refractivity contribution in [2.24, 2.45) is 11.8 Å². The van der Waals surface area contributed by atoms with Crippen molar-refractivity contribution in [2.75, 3.05) is 13.1 Å². The molecule has 4 atom stereocenters. The van der Waals surface area contributed by atoms with E-state index in [0.717, 1.165) is 0 Å². The number of fused-ring (bicyclic) bond motifs is 3. The minimum atomic E-state index is -1.05. The van der Waals surface area contributed by atoms with Gasteiger partial charge in [-0.3, -0.25) is 14.4 Å². The molecule has 2 bridgehead atoms. The number of nitrogens with one attached hydrogen (secondary N) is 1. The lowest BCUT2D eigenvalue weighted by Crippen LogP contribution is -2.44. The highest BCUT2D eigenvalue weighted by atomic mass is 16.5. The van der Waals surface area contributed by atoms with Gasteiger partial charge in [-0.1, -0.05) is 39.0 Å². The largest absolute Gasteiger partial charge is 0.460 e. The Morgan fingerprint density at radius 2 is 1.92 bits per heavy atom. The highest BCUT2D eigenvalue weighted by molar-refractivity contribution is 5.95. The van der Waals surface area contributed by atoms with Gasteiger partial charge < -0.3 is 24.5 Å². The van der Waals surface area contributed by atoms with Crippen molar-refractivity contribution in [1.29, 1.82) is 0 Å². The molecule has 2 amide bonds. The van der Waals surface area contributed by atoms with E-state index in [-0.39, 0.29) is 54.5 Å².